The van der Waals surface area contributed by atoms with E-state index >= 15 is 0 Å². The molecular formula is C23H19F3N4O2S2. The molecule has 1 aliphatic rings. The molecule has 0 bridgehead atoms. The first-order valence-corrected chi connectivity index (χ1v) is 12.7. The number of imidazole rings is 1. The molecule has 4 aromatic rings. The average molecular weight is 505 g/mol. The summed E-state index contributed by atoms with van der Waals surface area (Å²) < 4.78 is 62.4. The lowest BCUT2D eigenvalue weighted by Crippen LogP contribution is -2.22. The van der Waals surface area contributed by atoms with E-state index in [9.17, 15) is 21.6 Å². The van der Waals surface area contributed by atoms with E-state index in [0.717, 1.165) is 40.0 Å². The van der Waals surface area contributed by atoms with Gasteiger partial charge in [0.05, 0.1) is 15.9 Å². The van der Waals surface area contributed by atoms with Crippen molar-refractivity contribution in [3.8, 4) is 11.1 Å². The second kappa shape index (κ2) is 8.64. The van der Waals surface area contributed by atoms with Crippen LogP contribution in [-0.2, 0) is 22.0 Å². The van der Waals surface area contributed by atoms with Gasteiger partial charge in [0.25, 0.3) is 0 Å². The Bertz CT molecular complexity index is 1420. The molecule has 34 heavy (non-hydrogen) atoms. The molecule has 0 spiro atoms. The van der Waals surface area contributed by atoms with Gasteiger partial charge in [0.15, 0.2) is 0 Å². The molecule has 0 saturated heterocycles. The Morgan fingerprint density at radius 2 is 1.74 bits per heavy atom. The standard InChI is InChI=1S/C23H19F3N4O2S2/c24-23(25,26)34(32)30-15-8-5-13(6-9-15)17-12-18(17)22-28-19-10-7-14(11-20(19)29-22)16-3-1-2-4-21(16)33(27)31/h1-11,17-18,30H,12,27H2,(H,28,29). The van der Waals surface area contributed by atoms with Crippen molar-refractivity contribution < 1.29 is 21.6 Å². The van der Waals surface area contributed by atoms with Crippen molar-refractivity contribution in [2.75, 3.05) is 4.72 Å². The number of nitrogens with one attached hydrogen (secondary N) is 2. The minimum Gasteiger partial charge on any atom is -0.342 e. The summed E-state index contributed by atoms with van der Waals surface area (Å²) in [6, 6.07) is 19.5. The predicted octanol–water partition coefficient (Wildman–Crippen LogP) is 5.08. The van der Waals surface area contributed by atoms with Crippen molar-refractivity contribution in [3.63, 3.8) is 0 Å². The molecule has 0 amide bonds. The van der Waals surface area contributed by atoms with E-state index in [0.29, 0.717) is 4.90 Å². The number of halogens is 3. The summed E-state index contributed by atoms with van der Waals surface area (Å²) in [6.45, 7) is 0. The van der Waals surface area contributed by atoms with Crippen LogP contribution in [0, 0.1) is 0 Å². The Hall–Kier alpha value is -3.02. The number of hydrogen-bond acceptors (Lipinski definition) is 3. The van der Waals surface area contributed by atoms with E-state index in [-0.39, 0.29) is 17.5 Å². The van der Waals surface area contributed by atoms with Gasteiger partial charge in [-0.2, -0.15) is 13.2 Å². The van der Waals surface area contributed by atoms with Gasteiger partial charge >= 0.3 is 5.51 Å². The maximum Gasteiger partial charge on any atom is 0.490 e. The number of aromatic amines is 1. The molecule has 1 heterocycles. The summed E-state index contributed by atoms with van der Waals surface area (Å²) in [7, 11) is -4.75. The summed E-state index contributed by atoms with van der Waals surface area (Å²) in [5.41, 5.74) is -0.352. The predicted molar refractivity (Wildman–Crippen MR) is 126 cm³/mol. The summed E-state index contributed by atoms with van der Waals surface area (Å²) in [6.07, 6.45) is 0.864. The van der Waals surface area contributed by atoms with Gasteiger partial charge < -0.3 is 4.98 Å². The van der Waals surface area contributed by atoms with Crippen molar-refractivity contribution >= 4 is 38.7 Å². The fourth-order valence-electron chi connectivity index (χ4n) is 4.08. The van der Waals surface area contributed by atoms with Crippen LogP contribution in [0.4, 0.5) is 18.9 Å². The van der Waals surface area contributed by atoms with E-state index in [2.05, 4.69) is 4.98 Å². The minimum atomic E-state index is -4.81. The Morgan fingerprint density at radius 3 is 2.44 bits per heavy atom. The number of anilines is 1. The van der Waals surface area contributed by atoms with Crippen LogP contribution in [0.25, 0.3) is 22.2 Å². The van der Waals surface area contributed by atoms with Crippen LogP contribution in [0.3, 0.4) is 0 Å². The highest BCUT2D eigenvalue weighted by Crippen LogP contribution is 2.54. The molecule has 1 aliphatic carbocycles. The number of rotatable bonds is 6. The second-order valence-electron chi connectivity index (χ2n) is 8.03. The van der Waals surface area contributed by atoms with E-state index in [4.69, 9.17) is 10.1 Å². The van der Waals surface area contributed by atoms with Crippen LogP contribution in [0.2, 0.25) is 0 Å². The first-order valence-electron chi connectivity index (χ1n) is 10.3. The van der Waals surface area contributed by atoms with E-state index in [1.807, 2.05) is 35.1 Å². The molecule has 1 fully saturated rings. The van der Waals surface area contributed by atoms with E-state index in [1.165, 1.54) is 12.1 Å². The molecule has 4 atom stereocenters. The quantitative estimate of drug-likeness (QED) is 0.341. The number of benzene rings is 3. The van der Waals surface area contributed by atoms with Crippen LogP contribution < -0.4 is 9.86 Å². The monoisotopic (exact) mass is 504 g/mol. The van der Waals surface area contributed by atoms with Crippen LogP contribution in [-0.4, -0.2) is 23.9 Å². The molecule has 3 aromatic carbocycles. The Balaban J connectivity index is 1.34. The molecule has 11 heteroatoms. The lowest BCUT2D eigenvalue weighted by atomic mass is 10.1. The van der Waals surface area contributed by atoms with Crippen molar-refractivity contribution in [1.82, 2.24) is 9.97 Å². The van der Waals surface area contributed by atoms with Gasteiger partial charge in [-0.25, -0.2) is 18.5 Å². The highest BCUT2D eigenvalue weighted by atomic mass is 32.2. The summed E-state index contributed by atoms with van der Waals surface area (Å²) in [5, 5.41) is 5.62. The zero-order chi connectivity index (χ0) is 24.0. The minimum absolute atomic E-state index is 0.145. The maximum atomic E-state index is 12.5. The topological polar surface area (TPSA) is 101 Å². The SMILES string of the molecule is NS(=O)c1ccccc1-c1ccc2nc(C3CC3c3ccc(NS(=O)C(F)(F)F)cc3)[nH]c2c1. The third-order valence-corrected chi connectivity index (χ3v) is 7.45. The Kier molecular flexibility index (Phi) is 5.78. The summed E-state index contributed by atoms with van der Waals surface area (Å²) in [5.74, 6) is 1.21. The first-order chi connectivity index (χ1) is 16.2. The highest BCUT2D eigenvalue weighted by molar-refractivity contribution is 7.87. The van der Waals surface area contributed by atoms with Gasteiger partial charge in [0.1, 0.15) is 16.8 Å². The Labute approximate surface area is 198 Å². The number of aromatic nitrogens is 2. The first kappa shape index (κ1) is 22.8. The third kappa shape index (κ3) is 4.50. The number of H-pyrrole nitrogens is 1. The van der Waals surface area contributed by atoms with Crippen LogP contribution in [0.5, 0.6) is 0 Å². The smallest absolute Gasteiger partial charge is 0.342 e. The number of nitrogens with zero attached hydrogens (tertiary/aromatic N) is 1. The number of hydrogen-bond donors (Lipinski definition) is 3. The van der Waals surface area contributed by atoms with E-state index in [1.54, 1.807) is 24.3 Å². The summed E-state index contributed by atoms with van der Waals surface area (Å²) in [4.78, 5) is 8.64. The van der Waals surface area contributed by atoms with Crippen molar-refractivity contribution in [1.29, 1.82) is 0 Å². The molecule has 5 rings (SSSR count). The van der Waals surface area contributed by atoms with Crippen molar-refractivity contribution in [2.24, 2.45) is 5.14 Å². The number of alkyl halides is 3. The van der Waals surface area contributed by atoms with Crippen LogP contribution in [0.1, 0.15) is 29.6 Å². The van der Waals surface area contributed by atoms with Gasteiger partial charge in [0, 0.05) is 11.6 Å². The third-order valence-electron chi connectivity index (χ3n) is 5.82. The van der Waals surface area contributed by atoms with Crippen LogP contribution in [0.15, 0.2) is 71.6 Å². The lowest BCUT2D eigenvalue weighted by molar-refractivity contribution is -0.0379. The fourth-order valence-corrected chi connectivity index (χ4v) is 5.16. The molecule has 4 N–H and O–H groups in total. The second-order valence-corrected chi connectivity index (χ2v) is 10.3. The van der Waals surface area contributed by atoms with Crippen LogP contribution >= 0.6 is 0 Å². The van der Waals surface area contributed by atoms with Gasteiger partial charge in [-0.1, -0.05) is 36.4 Å². The maximum absolute atomic E-state index is 12.5. The van der Waals surface area contributed by atoms with Gasteiger partial charge in [0.2, 0.25) is 11.0 Å². The zero-order valence-corrected chi connectivity index (χ0v) is 19.1. The van der Waals surface area contributed by atoms with E-state index < -0.39 is 27.5 Å². The van der Waals surface area contributed by atoms with Gasteiger partial charge in [-0.3, -0.25) is 4.72 Å². The lowest BCUT2D eigenvalue weighted by Gasteiger charge is -2.09. The summed E-state index contributed by atoms with van der Waals surface area (Å²) >= 11 is 0. The average Bonchev–Trinajstić information content (AvgIpc) is 3.49. The molecule has 0 aliphatic heterocycles. The van der Waals surface area contributed by atoms with Crippen molar-refractivity contribution in [3.05, 3.63) is 78.1 Å². The largest absolute Gasteiger partial charge is 0.490 e. The zero-order valence-electron chi connectivity index (χ0n) is 17.5. The normalized spacial score (nSPS) is 19.6. The molecule has 4 unspecified atom stereocenters. The van der Waals surface area contributed by atoms with Crippen molar-refractivity contribution in [2.45, 2.75) is 28.7 Å². The Morgan fingerprint density at radius 1 is 1.00 bits per heavy atom. The molecule has 0 radical (unpaired) electrons. The van der Waals surface area contributed by atoms with Gasteiger partial charge in [-0.05, 0) is 59.4 Å². The number of nitrogens with two attached hydrogens (primary N) is 1. The molecule has 176 valence electrons. The molecular weight excluding hydrogens is 485 g/mol. The molecule has 1 aromatic heterocycles. The molecule has 6 nitrogen and oxygen atoms in total. The fraction of sp³-hybridized carbons (Fsp3) is 0.174. The van der Waals surface area contributed by atoms with Gasteiger partial charge in [-0.15, -0.1) is 0 Å². The number of fused-ring (bicyclic) bond motifs is 1. The molecule has 1 saturated carbocycles. The highest BCUT2D eigenvalue weighted by Gasteiger charge is 2.42.